The quantitative estimate of drug-likeness (QED) is 0.578. The highest BCUT2D eigenvalue weighted by molar-refractivity contribution is 5.00. The lowest BCUT2D eigenvalue weighted by Crippen LogP contribution is -2.00. The Kier molecular flexibility index (Phi) is 2.20. The summed E-state index contributed by atoms with van der Waals surface area (Å²) in [5.74, 6) is 3.99. The Bertz CT molecular complexity index is 124. The number of hydrogen-bond acceptors (Lipinski definition) is 0. The fraction of sp³-hybridized carbons (Fsp3) is 0.909. The fourth-order valence-electron chi connectivity index (χ4n) is 2.25. The van der Waals surface area contributed by atoms with Crippen LogP contribution in [0.3, 0.4) is 0 Å². The van der Waals surface area contributed by atoms with Gasteiger partial charge in [-0.3, -0.25) is 0 Å². The van der Waals surface area contributed by atoms with E-state index in [9.17, 15) is 0 Å². The molecule has 0 bridgehead atoms. The molecule has 1 radical (unpaired) electrons. The summed E-state index contributed by atoms with van der Waals surface area (Å²) in [7, 11) is 0. The van der Waals surface area contributed by atoms with E-state index in [1.165, 1.54) is 44.9 Å². The van der Waals surface area contributed by atoms with Gasteiger partial charge in [-0.15, -0.1) is 0 Å². The predicted molar refractivity (Wildman–Crippen MR) is 48.2 cm³/mol. The van der Waals surface area contributed by atoms with Crippen molar-refractivity contribution < 1.29 is 0 Å². The minimum absolute atomic E-state index is 0.966. The Morgan fingerprint density at radius 2 is 2.09 bits per heavy atom. The van der Waals surface area contributed by atoms with E-state index >= 15 is 0 Å². The molecule has 2 aliphatic rings. The zero-order chi connectivity index (χ0) is 7.68. The standard InChI is InChI=1S/C11H19/c1-9-3-2-4-11(9)8-7-10-5-6-10/h9-10H,2-8H2,1H3. The maximum absolute atomic E-state index is 2.41. The first-order valence-corrected chi connectivity index (χ1v) is 5.21. The van der Waals surface area contributed by atoms with Crippen molar-refractivity contribution in [1.82, 2.24) is 0 Å². The van der Waals surface area contributed by atoms with Gasteiger partial charge in [0.25, 0.3) is 0 Å². The summed E-state index contributed by atoms with van der Waals surface area (Å²) in [6.45, 7) is 2.41. The molecule has 0 aromatic heterocycles. The molecule has 2 rings (SSSR count). The topological polar surface area (TPSA) is 0 Å². The highest BCUT2D eigenvalue weighted by atomic mass is 14.3. The normalized spacial score (nSPS) is 33.0. The zero-order valence-electron chi connectivity index (χ0n) is 7.60. The highest BCUT2D eigenvalue weighted by Gasteiger charge is 2.27. The van der Waals surface area contributed by atoms with Crippen LogP contribution >= 0.6 is 0 Å². The summed E-state index contributed by atoms with van der Waals surface area (Å²) in [5.41, 5.74) is 0. The second-order valence-electron chi connectivity index (χ2n) is 4.43. The van der Waals surface area contributed by atoms with Gasteiger partial charge >= 0.3 is 0 Å². The summed E-state index contributed by atoms with van der Waals surface area (Å²) < 4.78 is 0. The van der Waals surface area contributed by atoms with Crippen molar-refractivity contribution in [2.75, 3.05) is 0 Å². The second kappa shape index (κ2) is 3.16. The van der Waals surface area contributed by atoms with Crippen LogP contribution in [0.15, 0.2) is 0 Å². The van der Waals surface area contributed by atoms with Gasteiger partial charge in [-0.05, 0) is 37.0 Å². The van der Waals surface area contributed by atoms with Gasteiger partial charge in [-0.1, -0.05) is 32.6 Å². The van der Waals surface area contributed by atoms with Crippen LogP contribution < -0.4 is 0 Å². The Hall–Kier alpha value is 0. The van der Waals surface area contributed by atoms with E-state index in [0.29, 0.717) is 0 Å². The fourth-order valence-corrected chi connectivity index (χ4v) is 2.25. The maximum atomic E-state index is 2.41. The third-order valence-corrected chi connectivity index (χ3v) is 3.40. The summed E-state index contributed by atoms with van der Waals surface area (Å²) in [6.07, 6.45) is 10.4. The average Bonchev–Trinajstić information content (AvgIpc) is 2.73. The van der Waals surface area contributed by atoms with Gasteiger partial charge in [0.05, 0.1) is 0 Å². The molecule has 2 aliphatic carbocycles. The Labute approximate surface area is 70.4 Å². The van der Waals surface area contributed by atoms with Crippen LogP contribution in [0.2, 0.25) is 0 Å². The molecular weight excluding hydrogens is 132 g/mol. The average molecular weight is 151 g/mol. The van der Waals surface area contributed by atoms with Gasteiger partial charge in [0.1, 0.15) is 0 Å². The Balaban J connectivity index is 1.67. The Morgan fingerprint density at radius 3 is 2.64 bits per heavy atom. The van der Waals surface area contributed by atoms with Crippen LogP contribution in [-0.4, -0.2) is 0 Å². The molecule has 1 atom stereocenters. The lowest BCUT2D eigenvalue weighted by Gasteiger charge is -2.13. The van der Waals surface area contributed by atoms with Gasteiger partial charge in [-0.25, -0.2) is 0 Å². The van der Waals surface area contributed by atoms with Gasteiger partial charge < -0.3 is 0 Å². The highest BCUT2D eigenvalue weighted by Crippen LogP contribution is 2.41. The molecule has 0 amide bonds. The number of hydrogen-bond donors (Lipinski definition) is 0. The molecule has 0 aliphatic heterocycles. The first-order chi connectivity index (χ1) is 5.36. The van der Waals surface area contributed by atoms with Gasteiger partial charge in [0, 0.05) is 0 Å². The molecule has 2 fully saturated rings. The molecule has 1 unspecified atom stereocenters. The molecule has 0 saturated heterocycles. The van der Waals surface area contributed by atoms with E-state index < -0.39 is 0 Å². The van der Waals surface area contributed by atoms with E-state index in [-0.39, 0.29) is 0 Å². The first-order valence-electron chi connectivity index (χ1n) is 5.21. The lowest BCUT2D eigenvalue weighted by atomic mass is 9.92. The minimum atomic E-state index is 0.966. The molecule has 63 valence electrons. The first kappa shape index (κ1) is 7.64. The van der Waals surface area contributed by atoms with E-state index in [1.807, 2.05) is 5.92 Å². The van der Waals surface area contributed by atoms with Crippen molar-refractivity contribution in [2.45, 2.75) is 51.9 Å². The SMILES string of the molecule is CC1CCC[C]1CCC1CC1. The van der Waals surface area contributed by atoms with E-state index in [2.05, 4.69) is 6.92 Å². The van der Waals surface area contributed by atoms with Gasteiger partial charge in [-0.2, -0.15) is 0 Å². The van der Waals surface area contributed by atoms with Crippen molar-refractivity contribution in [3.63, 3.8) is 0 Å². The van der Waals surface area contributed by atoms with Crippen LogP contribution in [0.4, 0.5) is 0 Å². The van der Waals surface area contributed by atoms with E-state index in [1.54, 1.807) is 0 Å². The largest absolute Gasteiger partial charge is 0.0620 e. The molecule has 11 heavy (non-hydrogen) atoms. The zero-order valence-corrected chi connectivity index (χ0v) is 7.60. The number of rotatable bonds is 3. The summed E-state index contributed by atoms with van der Waals surface area (Å²) in [5, 5.41) is 0. The second-order valence-corrected chi connectivity index (χ2v) is 4.43. The molecule has 0 spiro atoms. The predicted octanol–water partition coefficient (Wildman–Crippen LogP) is 3.57. The van der Waals surface area contributed by atoms with E-state index in [0.717, 1.165) is 11.8 Å². The minimum Gasteiger partial charge on any atom is -0.0620 e. The van der Waals surface area contributed by atoms with Crippen LogP contribution in [0, 0.1) is 17.8 Å². The van der Waals surface area contributed by atoms with Crippen LogP contribution in [0.1, 0.15) is 51.9 Å². The van der Waals surface area contributed by atoms with Crippen molar-refractivity contribution in [3.8, 4) is 0 Å². The van der Waals surface area contributed by atoms with Crippen molar-refractivity contribution in [3.05, 3.63) is 5.92 Å². The molecular formula is C11H19. The monoisotopic (exact) mass is 151 g/mol. The molecule has 0 aromatic carbocycles. The smallest absolute Gasteiger partial charge is 0.0213 e. The van der Waals surface area contributed by atoms with Crippen molar-refractivity contribution in [1.29, 1.82) is 0 Å². The van der Waals surface area contributed by atoms with Crippen molar-refractivity contribution in [2.24, 2.45) is 11.8 Å². The van der Waals surface area contributed by atoms with Crippen molar-refractivity contribution >= 4 is 0 Å². The lowest BCUT2D eigenvalue weighted by molar-refractivity contribution is 0.562. The summed E-state index contributed by atoms with van der Waals surface area (Å²) in [4.78, 5) is 0. The summed E-state index contributed by atoms with van der Waals surface area (Å²) >= 11 is 0. The Morgan fingerprint density at radius 1 is 1.27 bits per heavy atom. The van der Waals surface area contributed by atoms with E-state index in [4.69, 9.17) is 0 Å². The molecule has 0 N–H and O–H groups in total. The molecule has 0 heteroatoms. The molecule has 0 nitrogen and oxygen atoms in total. The molecule has 2 saturated carbocycles. The van der Waals surface area contributed by atoms with Crippen LogP contribution in [0.25, 0.3) is 0 Å². The molecule has 0 aromatic rings. The maximum Gasteiger partial charge on any atom is -0.0213 e. The third kappa shape index (κ3) is 1.98. The third-order valence-electron chi connectivity index (χ3n) is 3.40. The van der Waals surface area contributed by atoms with Gasteiger partial charge in [0.2, 0.25) is 0 Å². The van der Waals surface area contributed by atoms with Crippen LogP contribution in [0.5, 0.6) is 0 Å². The molecule has 0 heterocycles. The van der Waals surface area contributed by atoms with Gasteiger partial charge in [0.15, 0.2) is 0 Å². The van der Waals surface area contributed by atoms with Crippen LogP contribution in [-0.2, 0) is 0 Å². The summed E-state index contributed by atoms with van der Waals surface area (Å²) in [6, 6.07) is 0.